The Morgan fingerprint density at radius 1 is 0.558 bits per heavy atom. The molecule has 11 heteroatoms. The minimum Gasteiger partial charge on any atom is -0.368 e. The molecule has 0 heterocycles. The monoisotopic (exact) mass is 720 g/mol. The normalized spacial score (nSPS) is 13.5. The lowest BCUT2D eigenvalue weighted by Gasteiger charge is -2.26. The molecule has 0 aliphatic carbocycles. The summed E-state index contributed by atoms with van der Waals surface area (Å²) in [4.78, 5) is 54.1. The zero-order valence-corrected chi connectivity index (χ0v) is 29.7. The van der Waals surface area contributed by atoms with E-state index in [1.54, 1.807) is 24.3 Å². The van der Waals surface area contributed by atoms with Gasteiger partial charge in [-0.1, -0.05) is 115 Å². The van der Waals surface area contributed by atoms with E-state index in [-0.39, 0.29) is 19.3 Å². The number of unbranched alkanes of at least 4 members (excludes halogenated alkanes) is 1. The minimum absolute atomic E-state index is 0.101. The number of nitrogens with one attached hydrogen (secondary N) is 3. The Balaban J connectivity index is 1.40. The number of rotatable bonds is 17. The number of amides is 4. The Bertz CT molecular complexity index is 2020. The Kier molecular flexibility index (Phi) is 13.3. The number of hydrogen-bond acceptors (Lipinski definition) is 6. The SMILES string of the molecule is NCCCCC(N)C(=O)NC(Cc1ccc(Cl)cc1)C(=O)NC(Cc1ccc2ccccc2c1)C(=O)NC(Cc1ccc2ccccc2c1)C(N)=O. The lowest BCUT2D eigenvalue weighted by Crippen LogP contribution is -2.58. The quantitative estimate of drug-likeness (QED) is 0.0788. The Hall–Kier alpha value is -5.29. The molecule has 0 spiro atoms. The first-order chi connectivity index (χ1) is 25.1. The maximum atomic E-state index is 14.1. The summed E-state index contributed by atoms with van der Waals surface area (Å²) in [7, 11) is 0. The molecule has 4 atom stereocenters. The average Bonchev–Trinajstić information content (AvgIpc) is 3.14. The van der Waals surface area contributed by atoms with Gasteiger partial charge in [0.25, 0.3) is 0 Å². The highest BCUT2D eigenvalue weighted by Crippen LogP contribution is 2.19. The van der Waals surface area contributed by atoms with Crippen molar-refractivity contribution in [3.05, 3.63) is 131 Å². The molecule has 4 amide bonds. The van der Waals surface area contributed by atoms with Crippen molar-refractivity contribution in [1.29, 1.82) is 0 Å². The summed E-state index contributed by atoms with van der Waals surface area (Å²) < 4.78 is 0. The maximum Gasteiger partial charge on any atom is 0.243 e. The summed E-state index contributed by atoms with van der Waals surface area (Å²) in [5.74, 6) is -2.40. The van der Waals surface area contributed by atoms with Gasteiger partial charge in [0, 0.05) is 24.3 Å². The van der Waals surface area contributed by atoms with Gasteiger partial charge in [0.2, 0.25) is 23.6 Å². The number of halogens is 1. The Labute approximate surface area is 308 Å². The average molecular weight is 721 g/mol. The molecule has 4 unspecified atom stereocenters. The lowest BCUT2D eigenvalue weighted by molar-refractivity contribution is -0.133. The highest BCUT2D eigenvalue weighted by molar-refractivity contribution is 6.30. The van der Waals surface area contributed by atoms with E-state index >= 15 is 0 Å². The van der Waals surface area contributed by atoms with Crippen molar-refractivity contribution in [3.8, 4) is 0 Å². The first-order valence-electron chi connectivity index (χ1n) is 17.5. The van der Waals surface area contributed by atoms with Crippen LogP contribution in [0, 0.1) is 0 Å². The van der Waals surface area contributed by atoms with Crippen LogP contribution in [0.4, 0.5) is 0 Å². The van der Waals surface area contributed by atoms with Crippen LogP contribution in [0.25, 0.3) is 21.5 Å². The van der Waals surface area contributed by atoms with Crippen molar-refractivity contribution < 1.29 is 19.2 Å². The highest BCUT2D eigenvalue weighted by atomic mass is 35.5. The molecule has 5 aromatic carbocycles. The molecule has 0 fully saturated rings. The first kappa shape index (κ1) is 38.0. The fourth-order valence-electron chi connectivity index (χ4n) is 6.16. The molecule has 0 aliphatic heterocycles. The molecule has 52 heavy (non-hydrogen) atoms. The fraction of sp³-hybridized carbons (Fsp3) is 0.268. The molecule has 0 saturated heterocycles. The summed E-state index contributed by atoms with van der Waals surface area (Å²) in [6.45, 7) is 0.482. The largest absolute Gasteiger partial charge is 0.368 e. The predicted molar refractivity (Wildman–Crippen MR) is 206 cm³/mol. The molecule has 10 nitrogen and oxygen atoms in total. The summed E-state index contributed by atoms with van der Waals surface area (Å²) in [6.07, 6.45) is 2.14. The molecule has 270 valence electrons. The van der Waals surface area contributed by atoms with E-state index in [1.165, 1.54) is 0 Å². The molecule has 0 aromatic heterocycles. The van der Waals surface area contributed by atoms with Crippen LogP contribution in [0.5, 0.6) is 0 Å². The van der Waals surface area contributed by atoms with E-state index in [9.17, 15) is 19.2 Å². The summed E-state index contributed by atoms with van der Waals surface area (Å²) in [5.41, 5.74) is 19.9. The van der Waals surface area contributed by atoms with Crippen LogP contribution >= 0.6 is 11.6 Å². The number of carbonyl (C=O) groups excluding carboxylic acids is 4. The first-order valence-corrected chi connectivity index (χ1v) is 17.8. The van der Waals surface area contributed by atoms with Crippen molar-refractivity contribution in [2.75, 3.05) is 6.54 Å². The Morgan fingerprint density at radius 2 is 1.00 bits per heavy atom. The number of primary amides is 1. The standard InChI is InChI=1S/C41H45ClN6O4/c42-33-18-14-26(15-19-33)23-36(47-39(50)34(44)11-5-6-20-43)41(52)48-37(25-28-13-17-30-8-2-4-10-32(30)22-28)40(51)46-35(38(45)49)24-27-12-16-29-7-1-3-9-31(29)21-27/h1-4,7-10,12-19,21-22,34-37H,5-6,11,20,23-25,43-44H2,(H2,45,49)(H,46,51)(H,47,50)(H,48,52). The molecule has 0 radical (unpaired) electrons. The Morgan fingerprint density at radius 3 is 1.52 bits per heavy atom. The van der Waals surface area contributed by atoms with E-state index in [1.807, 2.05) is 84.9 Å². The van der Waals surface area contributed by atoms with Gasteiger partial charge in [0.15, 0.2) is 0 Å². The molecule has 5 aromatic rings. The van der Waals surface area contributed by atoms with Crippen LogP contribution in [0.15, 0.2) is 109 Å². The van der Waals surface area contributed by atoms with E-state index in [4.69, 9.17) is 28.8 Å². The zero-order valence-electron chi connectivity index (χ0n) is 28.9. The topological polar surface area (TPSA) is 182 Å². The van der Waals surface area contributed by atoms with Crippen molar-refractivity contribution in [1.82, 2.24) is 16.0 Å². The van der Waals surface area contributed by atoms with Gasteiger partial charge in [-0.25, -0.2) is 0 Å². The predicted octanol–water partition coefficient (Wildman–Crippen LogP) is 4.07. The van der Waals surface area contributed by atoms with Crippen LogP contribution in [0.1, 0.15) is 36.0 Å². The molecule has 0 aliphatic rings. The second-order valence-electron chi connectivity index (χ2n) is 13.1. The van der Waals surface area contributed by atoms with Crippen LogP contribution in [0.3, 0.4) is 0 Å². The van der Waals surface area contributed by atoms with Gasteiger partial charge in [-0.05, 0) is 69.8 Å². The summed E-state index contributed by atoms with van der Waals surface area (Å²) in [5, 5.41) is 13.0. The smallest absolute Gasteiger partial charge is 0.243 e. The molecule has 0 bridgehead atoms. The molecular formula is C41H45ClN6O4. The van der Waals surface area contributed by atoms with Gasteiger partial charge >= 0.3 is 0 Å². The van der Waals surface area contributed by atoms with Gasteiger partial charge in [0.1, 0.15) is 18.1 Å². The number of hydrogen-bond donors (Lipinski definition) is 6. The maximum absolute atomic E-state index is 14.1. The van der Waals surface area contributed by atoms with E-state index in [2.05, 4.69) is 16.0 Å². The third kappa shape index (κ3) is 10.6. The summed E-state index contributed by atoms with van der Waals surface area (Å²) >= 11 is 6.10. The number of carbonyl (C=O) groups is 4. The van der Waals surface area contributed by atoms with E-state index < -0.39 is 47.8 Å². The van der Waals surface area contributed by atoms with Crippen LogP contribution in [-0.2, 0) is 38.4 Å². The van der Waals surface area contributed by atoms with Gasteiger partial charge in [-0.3, -0.25) is 19.2 Å². The van der Waals surface area contributed by atoms with Gasteiger partial charge in [-0.2, -0.15) is 0 Å². The zero-order chi connectivity index (χ0) is 37.0. The number of nitrogens with two attached hydrogens (primary N) is 3. The van der Waals surface area contributed by atoms with E-state index in [0.29, 0.717) is 30.8 Å². The molecular weight excluding hydrogens is 676 g/mol. The second-order valence-corrected chi connectivity index (χ2v) is 13.5. The van der Waals surface area contributed by atoms with Crippen molar-refractivity contribution in [3.63, 3.8) is 0 Å². The highest BCUT2D eigenvalue weighted by Gasteiger charge is 2.30. The van der Waals surface area contributed by atoms with Crippen molar-refractivity contribution in [2.24, 2.45) is 17.2 Å². The second kappa shape index (κ2) is 18.3. The molecule has 5 rings (SSSR count). The third-order valence-electron chi connectivity index (χ3n) is 9.09. The lowest BCUT2D eigenvalue weighted by atomic mass is 9.98. The van der Waals surface area contributed by atoms with Crippen LogP contribution in [-0.4, -0.2) is 54.3 Å². The van der Waals surface area contributed by atoms with Gasteiger partial charge in [0.05, 0.1) is 6.04 Å². The third-order valence-corrected chi connectivity index (χ3v) is 9.34. The van der Waals surface area contributed by atoms with E-state index in [0.717, 1.165) is 38.2 Å². The minimum atomic E-state index is -1.13. The number of fused-ring (bicyclic) bond motifs is 2. The fourth-order valence-corrected chi connectivity index (χ4v) is 6.29. The molecule has 9 N–H and O–H groups in total. The van der Waals surface area contributed by atoms with Gasteiger partial charge in [-0.15, -0.1) is 0 Å². The number of benzene rings is 5. The van der Waals surface area contributed by atoms with Crippen LogP contribution in [0.2, 0.25) is 5.02 Å². The van der Waals surface area contributed by atoms with Crippen LogP contribution < -0.4 is 33.2 Å². The van der Waals surface area contributed by atoms with Crippen molar-refractivity contribution in [2.45, 2.75) is 62.7 Å². The summed E-state index contributed by atoms with van der Waals surface area (Å²) in [6, 6.07) is 30.0. The van der Waals surface area contributed by atoms with Gasteiger partial charge < -0.3 is 33.2 Å². The molecule has 0 saturated carbocycles. The van der Waals surface area contributed by atoms with Crippen molar-refractivity contribution >= 4 is 56.8 Å².